The summed E-state index contributed by atoms with van der Waals surface area (Å²) in [6, 6.07) is 0. The van der Waals surface area contributed by atoms with Crippen molar-refractivity contribution in [3.63, 3.8) is 0 Å². The Bertz CT molecular complexity index is 282. The first kappa shape index (κ1) is 14.8. The summed E-state index contributed by atoms with van der Waals surface area (Å²) in [5, 5.41) is 3.17. The zero-order chi connectivity index (χ0) is 13.6. The highest BCUT2D eigenvalue weighted by Crippen LogP contribution is 2.33. The van der Waals surface area contributed by atoms with Gasteiger partial charge in [-0.2, -0.15) is 0 Å². The molecule has 0 spiro atoms. The van der Waals surface area contributed by atoms with Crippen LogP contribution in [0.25, 0.3) is 0 Å². The lowest BCUT2D eigenvalue weighted by Crippen LogP contribution is -2.59. The quantitative estimate of drug-likeness (QED) is 0.828. The third kappa shape index (κ3) is 3.93. The summed E-state index contributed by atoms with van der Waals surface area (Å²) >= 11 is 0. The van der Waals surface area contributed by atoms with Gasteiger partial charge in [0.15, 0.2) is 0 Å². The first-order valence-electron chi connectivity index (χ1n) is 7.86. The predicted octanol–water partition coefficient (Wildman–Crippen LogP) is 1.94. The van der Waals surface area contributed by atoms with E-state index in [2.05, 4.69) is 17.1 Å². The van der Waals surface area contributed by atoms with Gasteiger partial charge in [-0.15, -0.1) is 0 Å². The van der Waals surface area contributed by atoms with E-state index >= 15 is 0 Å². The van der Waals surface area contributed by atoms with Gasteiger partial charge in [0, 0.05) is 31.6 Å². The Hall–Kier alpha value is -0.610. The molecule has 1 saturated heterocycles. The lowest BCUT2D eigenvalue weighted by Gasteiger charge is -2.48. The Morgan fingerprint density at radius 2 is 1.89 bits per heavy atom. The average molecular weight is 268 g/mol. The molecule has 0 atom stereocenters. The molecule has 4 heteroatoms. The second-order valence-corrected chi connectivity index (χ2v) is 5.91. The maximum Gasteiger partial charge on any atom is 0.220 e. The molecule has 0 aromatic rings. The van der Waals surface area contributed by atoms with Crippen molar-refractivity contribution in [1.82, 2.24) is 10.2 Å². The summed E-state index contributed by atoms with van der Waals surface area (Å²) < 4.78 is 5.47. The Morgan fingerprint density at radius 3 is 2.53 bits per heavy atom. The van der Waals surface area contributed by atoms with E-state index < -0.39 is 0 Å². The summed E-state index contributed by atoms with van der Waals surface area (Å²) in [5.41, 5.74) is 0.200. The Balaban J connectivity index is 1.95. The molecule has 2 fully saturated rings. The van der Waals surface area contributed by atoms with Gasteiger partial charge in [-0.3, -0.25) is 9.69 Å². The topological polar surface area (TPSA) is 41.6 Å². The number of ether oxygens (including phenoxy) is 1. The van der Waals surface area contributed by atoms with Gasteiger partial charge in [0.05, 0.1) is 13.2 Å². The van der Waals surface area contributed by atoms with Crippen molar-refractivity contribution in [1.29, 1.82) is 0 Å². The number of carbonyl (C=O) groups excluding carboxylic acids is 1. The molecule has 0 radical (unpaired) electrons. The number of rotatable bonds is 5. The maximum absolute atomic E-state index is 11.8. The highest BCUT2D eigenvalue weighted by molar-refractivity contribution is 5.75. The monoisotopic (exact) mass is 268 g/mol. The molecule has 0 aromatic heterocycles. The molecule has 1 aliphatic heterocycles. The Morgan fingerprint density at radius 1 is 1.21 bits per heavy atom. The first-order chi connectivity index (χ1) is 9.27. The number of amides is 1. The number of morpholine rings is 1. The minimum Gasteiger partial charge on any atom is -0.379 e. The van der Waals surface area contributed by atoms with Gasteiger partial charge in [0.2, 0.25) is 5.91 Å². The van der Waals surface area contributed by atoms with Gasteiger partial charge < -0.3 is 10.1 Å². The molecule has 0 bridgehead atoms. The molecule has 1 heterocycles. The van der Waals surface area contributed by atoms with Crippen LogP contribution in [0.3, 0.4) is 0 Å². The molecule has 1 amide bonds. The van der Waals surface area contributed by atoms with Crippen LogP contribution in [0.1, 0.15) is 51.9 Å². The SMILES string of the molecule is CCCC(=O)NCC1(N2CCOCC2)CCCCC1. The molecule has 0 unspecified atom stereocenters. The fraction of sp³-hybridized carbons (Fsp3) is 0.933. The maximum atomic E-state index is 11.8. The summed E-state index contributed by atoms with van der Waals surface area (Å²) in [6.45, 7) is 6.59. The fourth-order valence-corrected chi connectivity index (χ4v) is 3.43. The number of carbonyl (C=O) groups is 1. The van der Waals surface area contributed by atoms with Crippen LogP contribution in [0.15, 0.2) is 0 Å². The number of hydrogen-bond acceptors (Lipinski definition) is 3. The van der Waals surface area contributed by atoms with E-state index in [9.17, 15) is 4.79 Å². The smallest absolute Gasteiger partial charge is 0.220 e. The zero-order valence-corrected chi connectivity index (χ0v) is 12.2. The highest BCUT2D eigenvalue weighted by Gasteiger charge is 2.38. The second-order valence-electron chi connectivity index (χ2n) is 5.91. The van der Waals surface area contributed by atoms with Gasteiger partial charge in [0.1, 0.15) is 0 Å². The minimum atomic E-state index is 0.200. The second kappa shape index (κ2) is 7.25. The van der Waals surface area contributed by atoms with E-state index in [-0.39, 0.29) is 11.4 Å². The van der Waals surface area contributed by atoms with Crippen molar-refractivity contribution in [3.8, 4) is 0 Å². The van der Waals surface area contributed by atoms with Crippen LogP contribution in [0, 0.1) is 0 Å². The van der Waals surface area contributed by atoms with E-state index in [1.54, 1.807) is 0 Å². The number of nitrogens with zero attached hydrogens (tertiary/aromatic N) is 1. The van der Waals surface area contributed by atoms with Gasteiger partial charge >= 0.3 is 0 Å². The largest absolute Gasteiger partial charge is 0.379 e. The predicted molar refractivity (Wildman–Crippen MR) is 76.1 cm³/mol. The standard InChI is InChI=1S/C15H28N2O2/c1-2-6-14(18)16-13-15(7-4-3-5-8-15)17-9-11-19-12-10-17/h2-13H2,1H3,(H,16,18). The van der Waals surface area contributed by atoms with Crippen molar-refractivity contribution in [2.75, 3.05) is 32.8 Å². The zero-order valence-electron chi connectivity index (χ0n) is 12.2. The molecule has 110 valence electrons. The molecular weight excluding hydrogens is 240 g/mol. The molecule has 4 nitrogen and oxygen atoms in total. The summed E-state index contributed by atoms with van der Waals surface area (Å²) in [5.74, 6) is 0.209. The molecule has 1 N–H and O–H groups in total. The van der Waals surface area contributed by atoms with Gasteiger partial charge in [-0.25, -0.2) is 0 Å². The molecule has 1 aliphatic carbocycles. The van der Waals surface area contributed by atoms with Crippen molar-refractivity contribution < 1.29 is 9.53 Å². The summed E-state index contributed by atoms with van der Waals surface area (Å²) in [7, 11) is 0. The van der Waals surface area contributed by atoms with E-state index in [0.717, 1.165) is 39.3 Å². The van der Waals surface area contributed by atoms with Crippen LogP contribution in [0.2, 0.25) is 0 Å². The van der Waals surface area contributed by atoms with Crippen molar-refractivity contribution in [3.05, 3.63) is 0 Å². The van der Waals surface area contributed by atoms with Gasteiger partial charge in [0.25, 0.3) is 0 Å². The lowest BCUT2D eigenvalue weighted by atomic mass is 9.79. The van der Waals surface area contributed by atoms with Crippen molar-refractivity contribution in [2.24, 2.45) is 0 Å². The van der Waals surface area contributed by atoms with Crippen LogP contribution >= 0.6 is 0 Å². The van der Waals surface area contributed by atoms with Crippen LogP contribution in [0.4, 0.5) is 0 Å². The first-order valence-corrected chi connectivity index (χ1v) is 7.86. The van der Waals surface area contributed by atoms with Crippen LogP contribution in [-0.2, 0) is 9.53 Å². The molecule has 2 rings (SSSR count). The average Bonchev–Trinajstić information content (AvgIpc) is 2.47. The van der Waals surface area contributed by atoms with E-state index in [1.165, 1.54) is 32.1 Å². The molecule has 19 heavy (non-hydrogen) atoms. The number of hydrogen-bond donors (Lipinski definition) is 1. The third-order valence-electron chi connectivity index (χ3n) is 4.56. The van der Waals surface area contributed by atoms with E-state index in [0.29, 0.717) is 6.42 Å². The molecular formula is C15H28N2O2. The summed E-state index contributed by atoms with van der Waals surface area (Å²) in [6.07, 6.45) is 7.95. The van der Waals surface area contributed by atoms with Crippen LogP contribution in [0.5, 0.6) is 0 Å². The third-order valence-corrected chi connectivity index (χ3v) is 4.56. The Labute approximate surface area is 116 Å². The van der Waals surface area contributed by atoms with Gasteiger partial charge in [-0.05, 0) is 19.3 Å². The molecule has 0 aromatic carbocycles. The lowest BCUT2D eigenvalue weighted by molar-refractivity contribution is -0.122. The normalized spacial score (nSPS) is 24.1. The van der Waals surface area contributed by atoms with Gasteiger partial charge in [-0.1, -0.05) is 26.2 Å². The van der Waals surface area contributed by atoms with Crippen molar-refractivity contribution in [2.45, 2.75) is 57.4 Å². The number of nitrogens with one attached hydrogen (secondary N) is 1. The summed E-state index contributed by atoms with van der Waals surface area (Å²) in [4.78, 5) is 14.3. The fourth-order valence-electron chi connectivity index (χ4n) is 3.43. The van der Waals surface area contributed by atoms with E-state index in [1.807, 2.05) is 0 Å². The highest BCUT2D eigenvalue weighted by atomic mass is 16.5. The van der Waals surface area contributed by atoms with Crippen molar-refractivity contribution >= 4 is 5.91 Å². The van der Waals surface area contributed by atoms with Crippen LogP contribution < -0.4 is 5.32 Å². The minimum absolute atomic E-state index is 0.200. The van der Waals surface area contributed by atoms with E-state index in [4.69, 9.17) is 4.74 Å². The molecule has 1 saturated carbocycles. The Kier molecular flexibility index (Phi) is 5.64. The molecule has 2 aliphatic rings. The van der Waals surface area contributed by atoms with Crippen LogP contribution in [-0.4, -0.2) is 49.2 Å².